The second kappa shape index (κ2) is 5.02. The topological polar surface area (TPSA) is 52.8 Å². The average molecular weight is 323 g/mol. The Labute approximate surface area is 120 Å². The molecule has 0 N–H and O–H groups in total. The highest BCUT2D eigenvalue weighted by molar-refractivity contribution is 9.10. The molecule has 2 aromatic heterocycles. The first-order valence-corrected chi connectivity index (χ1v) is 7.10. The zero-order valence-corrected chi connectivity index (χ0v) is 12.5. The average Bonchev–Trinajstić information content (AvgIpc) is 2.82. The molecule has 0 aliphatic carbocycles. The molecule has 0 amide bonds. The monoisotopic (exact) mass is 322 g/mol. The predicted molar refractivity (Wildman–Crippen MR) is 74.5 cm³/mol. The summed E-state index contributed by atoms with van der Waals surface area (Å²) in [4.78, 5) is 4.47. The molecule has 0 fully saturated rings. The number of rotatable bonds is 2. The number of nitrogens with zero attached hydrogens (tertiary/aromatic N) is 4. The van der Waals surface area contributed by atoms with Gasteiger partial charge in [-0.2, -0.15) is 0 Å². The van der Waals surface area contributed by atoms with E-state index < -0.39 is 0 Å². The summed E-state index contributed by atoms with van der Waals surface area (Å²) in [6.07, 6.45) is 0. The van der Waals surface area contributed by atoms with Gasteiger partial charge in [0.2, 0.25) is 0 Å². The van der Waals surface area contributed by atoms with Crippen LogP contribution in [-0.4, -0.2) is 26.4 Å². The third-order valence-electron chi connectivity index (χ3n) is 3.33. The fourth-order valence-corrected chi connectivity index (χ4v) is 2.66. The van der Waals surface area contributed by atoms with Crippen LogP contribution in [0.15, 0.2) is 22.8 Å². The summed E-state index contributed by atoms with van der Waals surface area (Å²) < 4.78 is 8.56. The molecule has 100 valence electrons. The molecule has 3 heterocycles. The van der Waals surface area contributed by atoms with E-state index in [0.717, 1.165) is 21.9 Å². The van der Waals surface area contributed by atoms with Crippen molar-refractivity contribution in [1.29, 1.82) is 0 Å². The van der Waals surface area contributed by atoms with Crippen LogP contribution in [0.2, 0.25) is 0 Å². The fraction of sp³-hybridized carbons (Fsp3) is 0.462. The van der Waals surface area contributed by atoms with Crippen LogP contribution in [0.1, 0.15) is 25.7 Å². The van der Waals surface area contributed by atoms with E-state index in [1.807, 2.05) is 18.2 Å². The lowest BCUT2D eigenvalue weighted by molar-refractivity contribution is 0.0404. The highest BCUT2D eigenvalue weighted by atomic mass is 79.9. The Balaban J connectivity index is 2.11. The Kier molecular flexibility index (Phi) is 3.36. The van der Waals surface area contributed by atoms with Gasteiger partial charge in [0, 0.05) is 0 Å². The summed E-state index contributed by atoms with van der Waals surface area (Å²) in [6.45, 7) is 5.58. The van der Waals surface area contributed by atoms with Gasteiger partial charge in [0.15, 0.2) is 11.6 Å². The van der Waals surface area contributed by atoms with Crippen molar-refractivity contribution in [1.82, 2.24) is 19.7 Å². The normalized spacial score (nSPS) is 18.6. The highest BCUT2D eigenvalue weighted by Crippen LogP contribution is 2.30. The second-order valence-electron chi connectivity index (χ2n) is 4.98. The van der Waals surface area contributed by atoms with E-state index in [2.05, 4.69) is 49.5 Å². The van der Waals surface area contributed by atoms with Crippen LogP contribution in [0.4, 0.5) is 0 Å². The van der Waals surface area contributed by atoms with E-state index >= 15 is 0 Å². The summed E-state index contributed by atoms with van der Waals surface area (Å²) in [5, 5.41) is 8.52. The molecule has 0 spiro atoms. The van der Waals surface area contributed by atoms with Crippen molar-refractivity contribution in [3.8, 4) is 11.5 Å². The third-order valence-corrected chi connectivity index (χ3v) is 3.77. The maximum absolute atomic E-state index is 5.59. The van der Waals surface area contributed by atoms with Crippen molar-refractivity contribution < 1.29 is 4.74 Å². The van der Waals surface area contributed by atoms with Crippen molar-refractivity contribution in [3.63, 3.8) is 0 Å². The number of pyridine rings is 1. The van der Waals surface area contributed by atoms with Crippen LogP contribution >= 0.6 is 15.9 Å². The smallest absolute Gasteiger partial charge is 0.183 e. The van der Waals surface area contributed by atoms with Gasteiger partial charge in [-0.25, -0.2) is 4.98 Å². The van der Waals surface area contributed by atoms with Crippen LogP contribution in [0.5, 0.6) is 0 Å². The molecular formula is C13H15BrN4O. The molecule has 0 saturated heterocycles. The number of halogens is 1. The summed E-state index contributed by atoms with van der Waals surface area (Å²) in [5.41, 5.74) is 0.834. The van der Waals surface area contributed by atoms with Gasteiger partial charge in [0.1, 0.15) is 16.9 Å². The molecule has 1 aliphatic heterocycles. The fourth-order valence-electron chi connectivity index (χ4n) is 2.31. The van der Waals surface area contributed by atoms with Gasteiger partial charge < -0.3 is 9.30 Å². The van der Waals surface area contributed by atoms with Gasteiger partial charge in [-0.1, -0.05) is 19.9 Å². The number of aromatic nitrogens is 4. The molecule has 5 nitrogen and oxygen atoms in total. The van der Waals surface area contributed by atoms with Gasteiger partial charge >= 0.3 is 0 Å². The van der Waals surface area contributed by atoms with E-state index in [1.54, 1.807) is 0 Å². The lowest BCUT2D eigenvalue weighted by atomic mass is 10.0. The minimum absolute atomic E-state index is 0.259. The summed E-state index contributed by atoms with van der Waals surface area (Å²) >= 11 is 3.39. The molecule has 6 heteroatoms. The Morgan fingerprint density at radius 1 is 1.37 bits per heavy atom. The number of hydrogen-bond acceptors (Lipinski definition) is 4. The molecule has 0 saturated carbocycles. The largest absolute Gasteiger partial charge is 0.371 e. The van der Waals surface area contributed by atoms with E-state index in [4.69, 9.17) is 4.74 Å². The van der Waals surface area contributed by atoms with Crippen molar-refractivity contribution in [3.05, 3.63) is 28.6 Å². The Hall–Kier alpha value is -1.27. The molecule has 3 rings (SSSR count). The van der Waals surface area contributed by atoms with Gasteiger partial charge in [-0.15, -0.1) is 10.2 Å². The maximum Gasteiger partial charge on any atom is 0.183 e. The van der Waals surface area contributed by atoms with Gasteiger partial charge in [0.05, 0.1) is 12.6 Å². The van der Waals surface area contributed by atoms with Crippen molar-refractivity contribution >= 4 is 15.9 Å². The summed E-state index contributed by atoms with van der Waals surface area (Å²) in [7, 11) is 0. The molecule has 1 atom stereocenters. The Morgan fingerprint density at radius 3 is 2.95 bits per heavy atom. The Morgan fingerprint density at radius 2 is 2.21 bits per heavy atom. The third kappa shape index (κ3) is 2.30. The number of fused-ring (bicyclic) bond motifs is 1. The second-order valence-corrected chi connectivity index (χ2v) is 5.79. The molecule has 2 aromatic rings. The molecule has 0 radical (unpaired) electrons. The quantitative estimate of drug-likeness (QED) is 0.798. The Bertz CT molecular complexity index is 596. The SMILES string of the molecule is CC(C)[C@H]1COCc2nnc(-c3cccc(Br)n3)n21. The zero-order chi connectivity index (χ0) is 13.4. The van der Waals surface area contributed by atoms with Gasteiger partial charge in [-0.3, -0.25) is 0 Å². The van der Waals surface area contributed by atoms with Gasteiger partial charge in [-0.05, 0) is 34.0 Å². The number of ether oxygens (including phenoxy) is 1. The van der Waals surface area contributed by atoms with Crippen LogP contribution in [-0.2, 0) is 11.3 Å². The first-order chi connectivity index (χ1) is 9.16. The molecule has 0 bridgehead atoms. The van der Waals surface area contributed by atoms with E-state index in [1.165, 1.54) is 0 Å². The highest BCUT2D eigenvalue weighted by Gasteiger charge is 2.28. The predicted octanol–water partition coefficient (Wildman–Crippen LogP) is 2.83. The lowest BCUT2D eigenvalue weighted by Gasteiger charge is -2.28. The first-order valence-electron chi connectivity index (χ1n) is 6.31. The van der Waals surface area contributed by atoms with Crippen molar-refractivity contribution in [2.24, 2.45) is 5.92 Å². The minimum Gasteiger partial charge on any atom is -0.371 e. The molecule has 0 unspecified atom stereocenters. The van der Waals surface area contributed by atoms with E-state index in [9.17, 15) is 0 Å². The summed E-state index contributed by atoms with van der Waals surface area (Å²) in [6, 6.07) is 6.07. The summed E-state index contributed by atoms with van der Waals surface area (Å²) in [5.74, 6) is 2.15. The van der Waals surface area contributed by atoms with Crippen molar-refractivity contribution in [2.45, 2.75) is 26.5 Å². The molecule has 19 heavy (non-hydrogen) atoms. The van der Waals surface area contributed by atoms with E-state index in [0.29, 0.717) is 19.1 Å². The van der Waals surface area contributed by atoms with Crippen LogP contribution in [0.3, 0.4) is 0 Å². The number of hydrogen-bond donors (Lipinski definition) is 0. The first kappa shape index (κ1) is 12.7. The zero-order valence-electron chi connectivity index (χ0n) is 10.9. The molecule has 1 aliphatic rings. The van der Waals surface area contributed by atoms with Crippen LogP contribution in [0.25, 0.3) is 11.5 Å². The minimum atomic E-state index is 0.259. The van der Waals surface area contributed by atoms with Crippen molar-refractivity contribution in [2.75, 3.05) is 6.61 Å². The lowest BCUT2D eigenvalue weighted by Crippen LogP contribution is -2.28. The standard InChI is InChI=1S/C13H15BrN4O/c1-8(2)10-6-19-7-12-16-17-13(18(10)12)9-4-3-5-11(14)15-9/h3-5,8,10H,6-7H2,1-2H3/t10-/m1/s1. The molecule has 0 aromatic carbocycles. The molecular weight excluding hydrogens is 308 g/mol. The maximum atomic E-state index is 5.59. The van der Waals surface area contributed by atoms with Crippen LogP contribution in [0, 0.1) is 5.92 Å². The van der Waals surface area contributed by atoms with E-state index in [-0.39, 0.29) is 6.04 Å². The van der Waals surface area contributed by atoms with Gasteiger partial charge in [0.25, 0.3) is 0 Å². The van der Waals surface area contributed by atoms with Crippen LogP contribution < -0.4 is 0 Å².